The number of imide groups is 1. The van der Waals surface area contributed by atoms with Crippen molar-refractivity contribution in [1.82, 2.24) is 20.9 Å². The van der Waals surface area contributed by atoms with E-state index in [9.17, 15) is 28.8 Å². The Balaban J connectivity index is 0. The van der Waals surface area contributed by atoms with Gasteiger partial charge in [-0.2, -0.15) is 0 Å². The number of nitrogens with zero attached hydrogens (tertiary/aromatic N) is 1. The molecule has 0 saturated carbocycles. The van der Waals surface area contributed by atoms with E-state index in [1.54, 1.807) is 38.1 Å². The number of nitrogens with one attached hydrogen (secondary N) is 4. The van der Waals surface area contributed by atoms with Crippen LogP contribution in [0.3, 0.4) is 0 Å². The van der Waals surface area contributed by atoms with Crippen molar-refractivity contribution in [2.75, 3.05) is 32.0 Å². The van der Waals surface area contributed by atoms with Crippen LogP contribution >= 0.6 is 0 Å². The highest BCUT2D eigenvalue weighted by molar-refractivity contribution is 6.12. The summed E-state index contributed by atoms with van der Waals surface area (Å²) in [5, 5.41) is 10.9. The lowest BCUT2D eigenvalue weighted by Crippen LogP contribution is -2.51. The Bertz CT molecular complexity index is 1120. The summed E-state index contributed by atoms with van der Waals surface area (Å²) in [6.07, 6.45) is 5.94. The fourth-order valence-corrected chi connectivity index (χ4v) is 3.77. The zero-order valence-electron chi connectivity index (χ0n) is 28.9. The summed E-state index contributed by atoms with van der Waals surface area (Å²) in [5.41, 5.74) is 5.46. The van der Waals surface area contributed by atoms with Crippen LogP contribution in [-0.2, 0) is 44.9 Å². The van der Waals surface area contributed by atoms with Crippen LogP contribution in [0.15, 0.2) is 36.4 Å². The Labute approximate surface area is 278 Å². The summed E-state index contributed by atoms with van der Waals surface area (Å²) in [4.78, 5) is 80.9. The maximum atomic E-state index is 12.6. The van der Waals surface area contributed by atoms with Gasteiger partial charge in [0, 0.05) is 37.7 Å². The summed E-state index contributed by atoms with van der Waals surface area (Å²) in [6, 6.07) is 5.95. The van der Waals surface area contributed by atoms with Crippen molar-refractivity contribution in [3.05, 3.63) is 42.0 Å². The Morgan fingerprint density at radius 1 is 0.957 bits per heavy atom. The highest BCUT2D eigenvalue weighted by atomic mass is 16.5. The molecule has 0 fully saturated rings. The molecule has 0 aromatic heterocycles. The number of carbonyl (C=O) groups is 7. The number of carbonyl (C=O) groups excluding carboxylic acids is 7. The molecule has 0 spiro atoms. The first-order valence-corrected chi connectivity index (χ1v) is 15.8. The molecule has 264 valence electrons. The van der Waals surface area contributed by atoms with E-state index in [-0.39, 0.29) is 55.6 Å². The summed E-state index contributed by atoms with van der Waals surface area (Å²) in [5.74, 6) is -2.41. The van der Waals surface area contributed by atoms with Crippen molar-refractivity contribution >= 4 is 47.6 Å². The van der Waals surface area contributed by atoms with Gasteiger partial charge in [-0.15, -0.1) is 0 Å². The number of anilines is 1. The molecule has 14 heteroatoms. The van der Waals surface area contributed by atoms with Crippen molar-refractivity contribution in [3.8, 4) is 0 Å². The number of benzene rings is 1. The molecule has 1 aliphatic rings. The molecule has 0 bridgehead atoms. The van der Waals surface area contributed by atoms with Gasteiger partial charge in [0.2, 0.25) is 24.1 Å². The monoisotopic (exact) mass is 662 g/mol. The number of esters is 1. The first-order chi connectivity index (χ1) is 22.4. The van der Waals surface area contributed by atoms with Crippen LogP contribution in [0, 0.1) is 5.92 Å². The molecule has 1 atom stereocenters. The smallest absolute Gasteiger partial charge is 0.302 e. The van der Waals surface area contributed by atoms with Gasteiger partial charge < -0.3 is 31.7 Å². The SMILES string of the molecule is CC.CC(=O)OCc1ccc(NC(=O)CNC(=O)C(NC(=O)CCCCCN2C(=O)C=CC2=O)C(C)C)cc1.CCCNC.NC=O. The second kappa shape index (κ2) is 27.7. The van der Waals surface area contributed by atoms with Gasteiger partial charge in [-0.05, 0) is 56.5 Å². The van der Waals surface area contributed by atoms with Crippen molar-refractivity contribution in [2.45, 2.75) is 86.3 Å². The third-order valence-electron chi connectivity index (χ3n) is 6.05. The number of unbranched alkanes of at least 4 members (excludes halogenated alkanes) is 2. The Morgan fingerprint density at radius 2 is 1.53 bits per heavy atom. The van der Waals surface area contributed by atoms with E-state index in [1.165, 1.54) is 25.5 Å². The number of amides is 6. The van der Waals surface area contributed by atoms with Gasteiger partial charge in [0.25, 0.3) is 11.8 Å². The van der Waals surface area contributed by atoms with E-state index in [1.807, 2.05) is 20.9 Å². The van der Waals surface area contributed by atoms with Gasteiger partial charge in [0.1, 0.15) is 12.6 Å². The molecule has 2 rings (SSSR count). The predicted molar refractivity (Wildman–Crippen MR) is 180 cm³/mol. The molecule has 6 amide bonds. The van der Waals surface area contributed by atoms with Crippen molar-refractivity contribution in [2.24, 2.45) is 11.7 Å². The van der Waals surface area contributed by atoms with E-state index in [2.05, 4.69) is 33.9 Å². The van der Waals surface area contributed by atoms with E-state index >= 15 is 0 Å². The third-order valence-corrected chi connectivity index (χ3v) is 6.05. The number of nitrogens with two attached hydrogens (primary N) is 1. The Hall–Kier alpha value is -4.59. The number of primary amides is 1. The molecular weight excluding hydrogens is 608 g/mol. The maximum absolute atomic E-state index is 12.6. The zero-order chi connectivity index (χ0) is 36.2. The highest BCUT2D eigenvalue weighted by Gasteiger charge is 2.25. The van der Waals surface area contributed by atoms with Gasteiger partial charge in [0.05, 0.1) is 6.54 Å². The number of hydrogen-bond donors (Lipinski definition) is 5. The summed E-state index contributed by atoms with van der Waals surface area (Å²) in [6.45, 7) is 12.4. The van der Waals surface area contributed by atoms with Crippen LogP contribution in [0.5, 0.6) is 0 Å². The van der Waals surface area contributed by atoms with E-state index in [0.717, 1.165) is 17.0 Å². The summed E-state index contributed by atoms with van der Waals surface area (Å²) < 4.78 is 4.91. The van der Waals surface area contributed by atoms with Gasteiger partial charge >= 0.3 is 5.97 Å². The molecule has 0 radical (unpaired) electrons. The quantitative estimate of drug-likeness (QED) is 0.0760. The minimum atomic E-state index is -0.799. The average Bonchev–Trinajstić information content (AvgIpc) is 3.36. The minimum absolute atomic E-state index is 0.139. The number of rotatable bonds is 16. The Kier molecular flexibility index (Phi) is 26.2. The summed E-state index contributed by atoms with van der Waals surface area (Å²) >= 11 is 0. The molecule has 0 aliphatic carbocycles. The van der Waals surface area contributed by atoms with Crippen LogP contribution in [-0.4, -0.2) is 79.5 Å². The van der Waals surface area contributed by atoms with E-state index in [0.29, 0.717) is 31.5 Å². The van der Waals surface area contributed by atoms with Gasteiger partial charge in [-0.3, -0.25) is 38.5 Å². The lowest BCUT2D eigenvalue weighted by molar-refractivity contribution is -0.142. The second-order valence-electron chi connectivity index (χ2n) is 10.2. The molecule has 1 aromatic rings. The standard InChI is InChI=1S/C26H34N4O7.C4H11N.C2H6.CH3NO/c1-17(2)25(29-21(32)7-5-4-6-14-30-23(34)12-13-24(30)35)26(36)27-15-22(33)28-20-10-8-19(9-11-20)16-37-18(3)31;1-3-4-5-2;1-2;2-1-3/h8-13,17,25H,4-7,14-16H2,1-3H3,(H,27,36)(H,28,33)(H,29,32);5H,3-4H2,1-2H3;1-2H3;1H,(H2,2,3). The maximum Gasteiger partial charge on any atom is 0.302 e. The average molecular weight is 663 g/mol. The van der Waals surface area contributed by atoms with Crippen LogP contribution in [0.4, 0.5) is 5.69 Å². The van der Waals surface area contributed by atoms with Gasteiger partial charge in [-0.1, -0.05) is 53.2 Å². The normalized spacial score (nSPS) is 11.9. The van der Waals surface area contributed by atoms with Crippen molar-refractivity contribution < 1.29 is 38.3 Å². The third kappa shape index (κ3) is 21.7. The molecular formula is C33H54N6O8. The van der Waals surface area contributed by atoms with Gasteiger partial charge in [-0.25, -0.2) is 0 Å². The first kappa shape index (κ1) is 44.5. The van der Waals surface area contributed by atoms with Gasteiger partial charge in [0.15, 0.2) is 0 Å². The molecule has 14 nitrogen and oxygen atoms in total. The molecule has 47 heavy (non-hydrogen) atoms. The van der Waals surface area contributed by atoms with Crippen LogP contribution in [0.25, 0.3) is 0 Å². The van der Waals surface area contributed by atoms with Crippen LogP contribution in [0.1, 0.15) is 79.2 Å². The van der Waals surface area contributed by atoms with Crippen molar-refractivity contribution in [1.29, 1.82) is 0 Å². The summed E-state index contributed by atoms with van der Waals surface area (Å²) in [7, 11) is 1.96. The number of hydrogen-bond acceptors (Lipinski definition) is 9. The van der Waals surface area contributed by atoms with E-state index in [4.69, 9.17) is 9.53 Å². The molecule has 1 aliphatic heterocycles. The molecule has 6 N–H and O–H groups in total. The number of ether oxygens (including phenoxy) is 1. The molecule has 0 saturated heterocycles. The molecule has 1 heterocycles. The van der Waals surface area contributed by atoms with E-state index < -0.39 is 17.9 Å². The second-order valence-corrected chi connectivity index (χ2v) is 10.2. The molecule has 1 aromatic carbocycles. The predicted octanol–water partition coefficient (Wildman–Crippen LogP) is 2.17. The van der Waals surface area contributed by atoms with Crippen LogP contribution in [0.2, 0.25) is 0 Å². The minimum Gasteiger partial charge on any atom is -0.461 e. The Morgan fingerprint density at radius 3 is 2.00 bits per heavy atom. The fourth-order valence-electron chi connectivity index (χ4n) is 3.77. The highest BCUT2D eigenvalue weighted by Crippen LogP contribution is 2.11. The van der Waals surface area contributed by atoms with Crippen LogP contribution < -0.4 is 27.0 Å². The topological polar surface area (TPSA) is 206 Å². The van der Waals surface area contributed by atoms with Crippen molar-refractivity contribution in [3.63, 3.8) is 0 Å². The lowest BCUT2D eigenvalue weighted by atomic mass is 10.0. The molecule has 1 unspecified atom stereocenters. The first-order valence-electron chi connectivity index (χ1n) is 15.8. The zero-order valence-corrected chi connectivity index (χ0v) is 28.9. The fraction of sp³-hybridized carbons (Fsp3) is 0.545. The largest absolute Gasteiger partial charge is 0.461 e. The lowest BCUT2D eigenvalue weighted by Gasteiger charge is -2.21.